The van der Waals surface area contributed by atoms with Gasteiger partial charge in [-0.15, -0.1) is 24.0 Å². The number of nitrogens with zero attached hydrogens (tertiary/aromatic N) is 3. The summed E-state index contributed by atoms with van der Waals surface area (Å²) in [5.74, 6) is 0.837. The molecule has 2 N–H and O–H groups in total. The third-order valence-corrected chi connectivity index (χ3v) is 4.12. The highest BCUT2D eigenvalue weighted by atomic mass is 127. The van der Waals surface area contributed by atoms with Gasteiger partial charge in [0.1, 0.15) is 0 Å². The molecule has 1 heterocycles. The van der Waals surface area contributed by atoms with Crippen LogP contribution in [0.4, 0.5) is 0 Å². The van der Waals surface area contributed by atoms with E-state index in [0.717, 1.165) is 39.0 Å². The third kappa shape index (κ3) is 7.90. The van der Waals surface area contributed by atoms with Gasteiger partial charge in [-0.05, 0) is 45.0 Å². The molecule has 1 aliphatic rings. The Morgan fingerprint density at radius 3 is 2.54 bits per heavy atom. The lowest BCUT2D eigenvalue weighted by Gasteiger charge is -2.17. The molecule has 0 radical (unpaired) electrons. The van der Waals surface area contributed by atoms with E-state index < -0.39 is 0 Å². The quantitative estimate of drug-likeness (QED) is 0.362. The number of halogens is 1. The van der Waals surface area contributed by atoms with E-state index in [9.17, 15) is 4.79 Å². The monoisotopic (exact) mass is 473 g/mol. The summed E-state index contributed by atoms with van der Waals surface area (Å²) in [5.41, 5.74) is 2.45. The first-order valence-electron chi connectivity index (χ1n) is 9.11. The Kier molecular flexibility index (Phi) is 10.6. The largest absolute Gasteiger partial charge is 0.357 e. The molecule has 0 saturated carbocycles. The van der Waals surface area contributed by atoms with Gasteiger partial charge in [0.15, 0.2) is 5.96 Å². The summed E-state index contributed by atoms with van der Waals surface area (Å²) in [4.78, 5) is 20.8. The van der Waals surface area contributed by atoms with Gasteiger partial charge in [0.05, 0.1) is 13.1 Å². The number of aliphatic imine (C=N–C) groups is 1. The molecular formula is C19H32IN5O. The second kappa shape index (κ2) is 12.1. The third-order valence-electron chi connectivity index (χ3n) is 4.12. The molecule has 0 unspecified atom stereocenters. The SMILES string of the molecule is CCNC(=NCc1cccc(CN(C)C)c1)NCC(=O)N1CCCC1.I. The van der Waals surface area contributed by atoms with Crippen molar-refractivity contribution in [1.82, 2.24) is 20.4 Å². The number of rotatable bonds is 7. The minimum Gasteiger partial charge on any atom is -0.357 e. The molecule has 0 aromatic heterocycles. The van der Waals surface area contributed by atoms with Crippen LogP contribution >= 0.6 is 24.0 Å². The topological polar surface area (TPSA) is 60.0 Å². The molecule has 146 valence electrons. The van der Waals surface area contributed by atoms with Crippen LogP contribution in [-0.2, 0) is 17.9 Å². The molecule has 1 fully saturated rings. The van der Waals surface area contributed by atoms with Gasteiger partial charge in [-0.1, -0.05) is 24.3 Å². The predicted molar refractivity (Wildman–Crippen MR) is 118 cm³/mol. The van der Waals surface area contributed by atoms with Crippen molar-refractivity contribution in [2.75, 3.05) is 40.3 Å². The number of carbonyl (C=O) groups excluding carboxylic acids is 1. The van der Waals surface area contributed by atoms with Gasteiger partial charge >= 0.3 is 0 Å². The van der Waals surface area contributed by atoms with Crippen molar-refractivity contribution in [3.63, 3.8) is 0 Å². The standard InChI is InChI=1S/C19H31N5O.HI/c1-4-20-19(22-14-18(25)24-10-5-6-11-24)21-13-16-8-7-9-17(12-16)15-23(2)3;/h7-9,12H,4-6,10-11,13-15H2,1-3H3,(H2,20,21,22);1H. The van der Waals surface area contributed by atoms with E-state index in [1.165, 1.54) is 11.1 Å². The van der Waals surface area contributed by atoms with Crippen molar-refractivity contribution in [1.29, 1.82) is 0 Å². The highest BCUT2D eigenvalue weighted by Gasteiger charge is 2.17. The first-order valence-corrected chi connectivity index (χ1v) is 9.11. The van der Waals surface area contributed by atoms with Crippen LogP contribution in [-0.4, -0.2) is 61.9 Å². The van der Waals surface area contributed by atoms with E-state index in [4.69, 9.17) is 0 Å². The van der Waals surface area contributed by atoms with Crippen molar-refractivity contribution in [2.24, 2.45) is 4.99 Å². The van der Waals surface area contributed by atoms with Crippen molar-refractivity contribution in [3.05, 3.63) is 35.4 Å². The number of hydrogen-bond donors (Lipinski definition) is 2. The molecule has 0 atom stereocenters. The summed E-state index contributed by atoms with van der Waals surface area (Å²) in [6.07, 6.45) is 2.23. The summed E-state index contributed by atoms with van der Waals surface area (Å²) < 4.78 is 0. The zero-order chi connectivity index (χ0) is 18.1. The number of hydrogen-bond acceptors (Lipinski definition) is 3. The molecule has 6 nitrogen and oxygen atoms in total. The number of likely N-dealkylation sites (tertiary alicyclic amines) is 1. The average molecular weight is 473 g/mol. The number of benzene rings is 1. The lowest BCUT2D eigenvalue weighted by atomic mass is 10.1. The van der Waals surface area contributed by atoms with Crippen molar-refractivity contribution < 1.29 is 4.79 Å². The first-order chi connectivity index (χ1) is 12.1. The molecule has 1 amide bonds. The second-order valence-corrected chi connectivity index (χ2v) is 6.69. The van der Waals surface area contributed by atoms with Gasteiger partial charge in [-0.3, -0.25) is 4.79 Å². The summed E-state index contributed by atoms with van der Waals surface area (Å²) in [6.45, 7) is 6.36. The van der Waals surface area contributed by atoms with E-state index in [-0.39, 0.29) is 29.9 Å². The second-order valence-electron chi connectivity index (χ2n) is 6.69. The van der Waals surface area contributed by atoms with Gasteiger partial charge in [0.25, 0.3) is 0 Å². The lowest BCUT2D eigenvalue weighted by molar-refractivity contribution is -0.128. The highest BCUT2D eigenvalue weighted by molar-refractivity contribution is 14.0. The van der Waals surface area contributed by atoms with E-state index in [1.54, 1.807) is 0 Å². The van der Waals surface area contributed by atoms with Crippen LogP contribution in [0.2, 0.25) is 0 Å². The van der Waals surface area contributed by atoms with Crippen LogP contribution in [0.5, 0.6) is 0 Å². The Morgan fingerprint density at radius 2 is 1.88 bits per heavy atom. The maximum Gasteiger partial charge on any atom is 0.241 e. The number of amides is 1. The maximum absolute atomic E-state index is 12.2. The molecule has 7 heteroatoms. The molecule has 0 bridgehead atoms. The van der Waals surface area contributed by atoms with Crippen LogP contribution in [0.15, 0.2) is 29.3 Å². The van der Waals surface area contributed by atoms with Crippen LogP contribution < -0.4 is 10.6 Å². The minimum atomic E-state index is 0. The first kappa shape index (κ1) is 22.7. The van der Waals surface area contributed by atoms with E-state index in [1.807, 2.05) is 11.8 Å². The summed E-state index contributed by atoms with van der Waals surface area (Å²) >= 11 is 0. The number of guanidine groups is 1. The normalized spacial score (nSPS) is 14.3. The Hall–Kier alpha value is -1.35. The van der Waals surface area contributed by atoms with Crippen molar-refractivity contribution in [2.45, 2.75) is 32.9 Å². The Morgan fingerprint density at radius 1 is 1.19 bits per heavy atom. The molecule has 1 aromatic carbocycles. The number of carbonyl (C=O) groups is 1. The van der Waals surface area contributed by atoms with Gasteiger partial charge in [-0.2, -0.15) is 0 Å². The summed E-state index contributed by atoms with van der Waals surface area (Å²) in [7, 11) is 4.13. The zero-order valence-electron chi connectivity index (χ0n) is 16.1. The fraction of sp³-hybridized carbons (Fsp3) is 0.579. The van der Waals surface area contributed by atoms with E-state index in [2.05, 4.69) is 58.9 Å². The Balaban J connectivity index is 0.00000338. The molecule has 1 aliphatic heterocycles. The average Bonchev–Trinajstić information content (AvgIpc) is 3.11. The Bertz CT molecular complexity index is 585. The molecule has 1 aromatic rings. The lowest BCUT2D eigenvalue weighted by Crippen LogP contribution is -2.44. The fourth-order valence-corrected chi connectivity index (χ4v) is 2.94. The van der Waals surface area contributed by atoms with Gasteiger partial charge in [0, 0.05) is 26.2 Å². The number of nitrogens with one attached hydrogen (secondary N) is 2. The van der Waals surface area contributed by atoms with E-state index in [0.29, 0.717) is 19.0 Å². The summed E-state index contributed by atoms with van der Waals surface area (Å²) in [6, 6.07) is 8.47. The minimum absolute atomic E-state index is 0. The van der Waals surface area contributed by atoms with Gasteiger partial charge in [-0.25, -0.2) is 4.99 Å². The predicted octanol–water partition coefficient (Wildman–Crippen LogP) is 2.04. The zero-order valence-corrected chi connectivity index (χ0v) is 18.5. The highest BCUT2D eigenvalue weighted by Crippen LogP contribution is 2.08. The smallest absolute Gasteiger partial charge is 0.241 e. The van der Waals surface area contributed by atoms with Crippen molar-refractivity contribution >= 4 is 35.8 Å². The summed E-state index contributed by atoms with van der Waals surface area (Å²) in [5, 5.41) is 6.36. The van der Waals surface area contributed by atoms with Crippen LogP contribution in [0.1, 0.15) is 30.9 Å². The molecular weight excluding hydrogens is 441 g/mol. The van der Waals surface area contributed by atoms with E-state index >= 15 is 0 Å². The van der Waals surface area contributed by atoms with Crippen LogP contribution in [0.25, 0.3) is 0 Å². The van der Waals surface area contributed by atoms with Crippen LogP contribution in [0, 0.1) is 0 Å². The molecule has 1 saturated heterocycles. The Labute approximate surface area is 174 Å². The van der Waals surface area contributed by atoms with Gasteiger partial charge < -0.3 is 20.4 Å². The fourth-order valence-electron chi connectivity index (χ4n) is 2.94. The van der Waals surface area contributed by atoms with Gasteiger partial charge in [0.2, 0.25) is 5.91 Å². The molecule has 2 rings (SSSR count). The molecule has 0 spiro atoms. The van der Waals surface area contributed by atoms with Crippen LogP contribution in [0.3, 0.4) is 0 Å². The molecule has 26 heavy (non-hydrogen) atoms. The van der Waals surface area contributed by atoms with Crippen molar-refractivity contribution in [3.8, 4) is 0 Å². The maximum atomic E-state index is 12.2. The molecule has 0 aliphatic carbocycles.